The fraction of sp³-hybridized carbons (Fsp3) is 0.312. The molecular weight excluding hydrogens is 367 g/mol. The number of hydrogen-bond donors (Lipinski definition) is 3. The number of anilines is 2. The number of alkyl halides is 2. The summed E-state index contributed by atoms with van der Waals surface area (Å²) in [5, 5.41) is 2.41. The lowest BCUT2D eigenvalue weighted by Crippen LogP contribution is -2.45. The number of nitrogens with zero attached hydrogens (tertiary/aromatic N) is 2. The smallest absolute Gasteiger partial charge is 0.279 e. The zero-order valence-corrected chi connectivity index (χ0v) is 14.1. The van der Waals surface area contributed by atoms with Crippen LogP contribution in [0.15, 0.2) is 27.6 Å². The van der Waals surface area contributed by atoms with E-state index in [2.05, 4.69) is 15.3 Å². The predicted octanol–water partition coefficient (Wildman–Crippen LogP) is 1.80. The number of benzene rings is 1. The summed E-state index contributed by atoms with van der Waals surface area (Å²) in [6.45, 7) is 0.813. The van der Waals surface area contributed by atoms with Crippen LogP contribution in [0.5, 0.6) is 0 Å². The number of aliphatic imine (C=N–C) groups is 1. The van der Waals surface area contributed by atoms with Gasteiger partial charge in [-0.1, -0.05) is 0 Å². The number of aromatic nitrogens is 1. The molecule has 0 bridgehead atoms. The van der Waals surface area contributed by atoms with E-state index in [1.807, 2.05) is 0 Å². The highest BCUT2D eigenvalue weighted by Crippen LogP contribution is 2.38. The van der Waals surface area contributed by atoms with Gasteiger partial charge in [0, 0.05) is 18.2 Å². The lowest BCUT2D eigenvalue weighted by Gasteiger charge is -2.33. The van der Waals surface area contributed by atoms with E-state index in [1.54, 1.807) is 0 Å². The van der Waals surface area contributed by atoms with E-state index in [1.165, 1.54) is 13.0 Å². The molecule has 2 heterocycles. The number of amidine groups is 1. The van der Waals surface area contributed by atoms with Crippen LogP contribution in [-0.2, 0) is 10.3 Å². The Morgan fingerprint density at radius 2 is 2.11 bits per heavy atom. The van der Waals surface area contributed by atoms with Crippen LogP contribution in [0.3, 0.4) is 0 Å². The van der Waals surface area contributed by atoms with Gasteiger partial charge in [0.05, 0.1) is 6.61 Å². The van der Waals surface area contributed by atoms with Crippen molar-refractivity contribution < 1.29 is 27.1 Å². The molecule has 1 aliphatic heterocycles. The zero-order chi connectivity index (χ0) is 19.8. The number of nitrogen functional groups attached to an aromatic ring is 1. The van der Waals surface area contributed by atoms with Crippen molar-refractivity contribution in [1.29, 1.82) is 0 Å². The van der Waals surface area contributed by atoms with Crippen molar-refractivity contribution in [3.63, 3.8) is 0 Å². The minimum Gasteiger partial charge on any atom is -0.425 e. The maximum Gasteiger partial charge on any atom is 0.279 e. The molecule has 1 aliphatic rings. The van der Waals surface area contributed by atoms with Crippen LogP contribution in [-0.4, -0.2) is 36.4 Å². The van der Waals surface area contributed by atoms with Gasteiger partial charge in [0.1, 0.15) is 18.3 Å². The molecule has 0 radical (unpaired) electrons. The maximum atomic E-state index is 14.4. The van der Waals surface area contributed by atoms with Crippen molar-refractivity contribution in [2.75, 3.05) is 24.3 Å². The van der Waals surface area contributed by atoms with Crippen molar-refractivity contribution in [1.82, 2.24) is 4.98 Å². The molecule has 0 spiro atoms. The van der Waals surface area contributed by atoms with Crippen molar-refractivity contribution in [2.24, 2.45) is 10.7 Å². The number of nitrogens with two attached hydrogens (primary N) is 2. The Kier molecular flexibility index (Phi) is 4.79. The van der Waals surface area contributed by atoms with Crippen molar-refractivity contribution >= 4 is 23.3 Å². The van der Waals surface area contributed by atoms with Gasteiger partial charge < -0.3 is 25.9 Å². The Morgan fingerprint density at radius 3 is 2.70 bits per heavy atom. The van der Waals surface area contributed by atoms with Gasteiger partial charge >= 0.3 is 0 Å². The summed E-state index contributed by atoms with van der Waals surface area (Å²) in [5.41, 5.74) is 8.16. The van der Waals surface area contributed by atoms with E-state index in [0.29, 0.717) is 0 Å². The molecule has 2 aromatic rings. The molecule has 11 heteroatoms. The Bertz CT molecular complexity index is 915. The molecule has 1 amide bonds. The average molecular weight is 383 g/mol. The lowest BCUT2D eigenvalue weighted by molar-refractivity contribution is -0.0145. The third-order valence-corrected chi connectivity index (χ3v) is 3.94. The van der Waals surface area contributed by atoms with E-state index in [0.717, 1.165) is 12.1 Å². The first-order valence-corrected chi connectivity index (χ1v) is 7.77. The Morgan fingerprint density at radius 1 is 1.37 bits per heavy atom. The number of oxazole rings is 1. The third-order valence-electron chi connectivity index (χ3n) is 3.94. The fourth-order valence-corrected chi connectivity index (χ4v) is 2.73. The van der Waals surface area contributed by atoms with Gasteiger partial charge in [0.15, 0.2) is 17.1 Å². The van der Waals surface area contributed by atoms with Crippen molar-refractivity contribution in [2.45, 2.75) is 18.9 Å². The van der Waals surface area contributed by atoms with Crippen LogP contribution >= 0.6 is 0 Å². The van der Waals surface area contributed by atoms with Crippen LogP contribution < -0.4 is 16.8 Å². The minimum absolute atomic E-state index is 0.0378. The van der Waals surface area contributed by atoms with Gasteiger partial charge in [-0.3, -0.25) is 9.79 Å². The lowest BCUT2D eigenvalue weighted by atomic mass is 9.90. The van der Waals surface area contributed by atoms with Gasteiger partial charge in [-0.2, -0.15) is 0 Å². The Labute approximate surface area is 151 Å². The average Bonchev–Trinajstić information content (AvgIpc) is 2.94. The summed E-state index contributed by atoms with van der Waals surface area (Å²) < 4.78 is 52.0. The standard InChI is InChI=1S/C16H16F3N5O3/c1-7-22-12(13(21)27-7)14(25)23-8-2-3-10(17)9(4-8)16(15(18)19)6-26-5-11(20)24-16/h2-4,15H,5-6,21H2,1H3,(H2,20,24)(H,23,25). The third kappa shape index (κ3) is 3.45. The summed E-state index contributed by atoms with van der Waals surface area (Å²) in [7, 11) is 0. The predicted molar refractivity (Wildman–Crippen MR) is 90.1 cm³/mol. The van der Waals surface area contributed by atoms with Gasteiger partial charge in [0.25, 0.3) is 12.3 Å². The summed E-state index contributed by atoms with van der Waals surface area (Å²) in [6, 6.07) is 3.19. The SMILES string of the molecule is Cc1nc(C(=O)Nc2ccc(F)c(C3(C(F)F)COCC(N)=N3)c2)c(N)o1. The molecule has 1 unspecified atom stereocenters. The van der Waals surface area contributed by atoms with E-state index >= 15 is 0 Å². The van der Waals surface area contributed by atoms with E-state index in [4.69, 9.17) is 20.6 Å². The zero-order valence-electron chi connectivity index (χ0n) is 14.1. The molecule has 0 fully saturated rings. The molecule has 5 N–H and O–H groups in total. The molecule has 8 nitrogen and oxygen atoms in total. The van der Waals surface area contributed by atoms with Crippen LogP contribution in [0.2, 0.25) is 0 Å². The molecule has 144 valence electrons. The number of ether oxygens (including phenoxy) is 1. The van der Waals surface area contributed by atoms with E-state index < -0.39 is 35.9 Å². The van der Waals surface area contributed by atoms with Crippen molar-refractivity contribution in [3.05, 3.63) is 41.2 Å². The highest BCUT2D eigenvalue weighted by molar-refractivity contribution is 6.05. The molecule has 27 heavy (non-hydrogen) atoms. The van der Waals surface area contributed by atoms with E-state index in [-0.39, 0.29) is 35.6 Å². The number of carbonyl (C=O) groups is 1. The van der Waals surface area contributed by atoms with Crippen LogP contribution in [0.1, 0.15) is 21.9 Å². The monoisotopic (exact) mass is 383 g/mol. The fourth-order valence-electron chi connectivity index (χ4n) is 2.73. The van der Waals surface area contributed by atoms with Gasteiger partial charge in [-0.15, -0.1) is 0 Å². The molecule has 0 saturated heterocycles. The number of carbonyl (C=O) groups excluding carboxylic acids is 1. The van der Waals surface area contributed by atoms with Crippen LogP contribution in [0.4, 0.5) is 24.7 Å². The second-order valence-electron chi connectivity index (χ2n) is 5.92. The molecule has 0 saturated carbocycles. The minimum atomic E-state index is -3.09. The number of aryl methyl sites for hydroxylation is 1. The molecule has 0 aliphatic carbocycles. The van der Waals surface area contributed by atoms with E-state index in [9.17, 15) is 18.0 Å². The summed E-state index contributed by atoms with van der Waals surface area (Å²) in [6.07, 6.45) is -3.09. The first-order valence-electron chi connectivity index (χ1n) is 7.77. The highest BCUT2D eigenvalue weighted by Gasteiger charge is 2.46. The first-order chi connectivity index (χ1) is 12.7. The Hall–Kier alpha value is -3.08. The maximum absolute atomic E-state index is 14.4. The normalized spacial score (nSPS) is 19.8. The quantitative estimate of drug-likeness (QED) is 0.738. The second-order valence-corrected chi connectivity index (χ2v) is 5.92. The Balaban J connectivity index is 1.98. The number of amides is 1. The molecule has 1 aromatic carbocycles. The summed E-state index contributed by atoms with van der Waals surface area (Å²) in [4.78, 5) is 19.9. The first kappa shape index (κ1) is 18.7. The second kappa shape index (κ2) is 6.91. The number of halogens is 3. The number of hydrogen-bond acceptors (Lipinski definition) is 7. The number of rotatable bonds is 4. The summed E-state index contributed by atoms with van der Waals surface area (Å²) in [5.74, 6) is -1.88. The molecular formula is C16H16F3N5O3. The molecule has 1 atom stereocenters. The largest absolute Gasteiger partial charge is 0.425 e. The summed E-state index contributed by atoms with van der Waals surface area (Å²) >= 11 is 0. The molecule has 1 aromatic heterocycles. The molecule has 3 rings (SSSR count). The number of nitrogens with one attached hydrogen (secondary N) is 1. The van der Waals surface area contributed by atoms with Crippen molar-refractivity contribution in [3.8, 4) is 0 Å². The topological polar surface area (TPSA) is 129 Å². The van der Waals surface area contributed by atoms with Gasteiger partial charge in [0.2, 0.25) is 5.88 Å². The van der Waals surface area contributed by atoms with Crippen LogP contribution in [0, 0.1) is 12.7 Å². The van der Waals surface area contributed by atoms with Crippen LogP contribution in [0.25, 0.3) is 0 Å². The van der Waals surface area contributed by atoms with Gasteiger partial charge in [-0.25, -0.2) is 18.2 Å². The highest BCUT2D eigenvalue weighted by atomic mass is 19.3. The van der Waals surface area contributed by atoms with Gasteiger partial charge in [-0.05, 0) is 18.2 Å².